The Hall–Kier alpha value is -1.92. The number of halogens is 1. The molecular weight excluding hydrogens is 268 g/mol. The Morgan fingerprint density at radius 1 is 1.37 bits per heavy atom. The minimum Gasteiger partial charge on any atom is -0.340 e. The van der Waals surface area contributed by atoms with Crippen molar-refractivity contribution >= 4 is 23.2 Å². The van der Waals surface area contributed by atoms with Crippen molar-refractivity contribution < 1.29 is 9.32 Å². The molecular formula is C12H13ClN4O2. The lowest BCUT2D eigenvalue weighted by atomic mass is 10.3. The summed E-state index contributed by atoms with van der Waals surface area (Å²) in [7, 11) is 0. The van der Waals surface area contributed by atoms with E-state index >= 15 is 0 Å². The zero-order chi connectivity index (χ0) is 13.7. The van der Waals surface area contributed by atoms with Gasteiger partial charge in [-0.1, -0.05) is 16.8 Å². The molecule has 0 aliphatic rings. The molecule has 0 radical (unpaired) electrons. The molecule has 0 atom stereocenters. The summed E-state index contributed by atoms with van der Waals surface area (Å²) in [4.78, 5) is 15.6. The SMILES string of the molecule is Cc1nc(CNCC(=O)Nc2ccc(Cl)cc2)no1. The lowest BCUT2D eigenvalue weighted by Crippen LogP contribution is -2.28. The van der Waals surface area contributed by atoms with Gasteiger partial charge in [0.1, 0.15) is 0 Å². The van der Waals surface area contributed by atoms with Gasteiger partial charge >= 0.3 is 0 Å². The van der Waals surface area contributed by atoms with Crippen molar-refractivity contribution in [3.63, 3.8) is 0 Å². The van der Waals surface area contributed by atoms with Gasteiger partial charge in [-0.05, 0) is 24.3 Å². The van der Waals surface area contributed by atoms with Gasteiger partial charge in [0.25, 0.3) is 0 Å². The third-order valence-electron chi connectivity index (χ3n) is 2.27. The molecule has 2 aromatic rings. The Balaban J connectivity index is 1.74. The maximum atomic E-state index is 11.6. The minimum absolute atomic E-state index is 0.150. The summed E-state index contributed by atoms with van der Waals surface area (Å²) < 4.78 is 4.81. The van der Waals surface area contributed by atoms with Crippen LogP contribution < -0.4 is 10.6 Å². The van der Waals surface area contributed by atoms with Crippen LogP contribution in [0, 0.1) is 6.92 Å². The highest BCUT2D eigenvalue weighted by atomic mass is 35.5. The number of hydrogen-bond acceptors (Lipinski definition) is 5. The number of aryl methyl sites for hydroxylation is 1. The molecule has 0 saturated carbocycles. The molecule has 19 heavy (non-hydrogen) atoms. The number of rotatable bonds is 5. The summed E-state index contributed by atoms with van der Waals surface area (Å²) in [6.45, 7) is 2.26. The van der Waals surface area contributed by atoms with E-state index in [0.29, 0.717) is 29.0 Å². The fraction of sp³-hybridized carbons (Fsp3) is 0.250. The van der Waals surface area contributed by atoms with Crippen LogP contribution in [-0.4, -0.2) is 22.6 Å². The van der Waals surface area contributed by atoms with E-state index in [1.165, 1.54) is 0 Å². The van der Waals surface area contributed by atoms with Crippen molar-refractivity contribution in [1.82, 2.24) is 15.5 Å². The topological polar surface area (TPSA) is 80.0 Å². The third kappa shape index (κ3) is 4.35. The van der Waals surface area contributed by atoms with Gasteiger partial charge in [-0.2, -0.15) is 4.98 Å². The van der Waals surface area contributed by atoms with Crippen LogP contribution in [0.1, 0.15) is 11.7 Å². The quantitative estimate of drug-likeness (QED) is 0.872. The van der Waals surface area contributed by atoms with Gasteiger partial charge in [0.15, 0.2) is 5.82 Å². The number of carbonyl (C=O) groups is 1. The Morgan fingerprint density at radius 3 is 2.74 bits per heavy atom. The molecule has 0 bridgehead atoms. The summed E-state index contributed by atoms with van der Waals surface area (Å²) in [6, 6.07) is 6.91. The largest absolute Gasteiger partial charge is 0.340 e. The average molecular weight is 281 g/mol. The van der Waals surface area contributed by atoms with Gasteiger partial charge in [0.05, 0.1) is 13.1 Å². The molecule has 6 nitrogen and oxygen atoms in total. The first kappa shape index (κ1) is 13.5. The Kier molecular flexibility index (Phi) is 4.48. The van der Waals surface area contributed by atoms with Crippen LogP contribution in [0.2, 0.25) is 5.02 Å². The van der Waals surface area contributed by atoms with E-state index in [1.807, 2.05) is 0 Å². The molecule has 2 rings (SSSR count). The van der Waals surface area contributed by atoms with Gasteiger partial charge < -0.3 is 15.2 Å². The van der Waals surface area contributed by atoms with Gasteiger partial charge in [0.2, 0.25) is 11.8 Å². The van der Waals surface area contributed by atoms with E-state index in [2.05, 4.69) is 20.8 Å². The highest BCUT2D eigenvalue weighted by Crippen LogP contribution is 2.12. The molecule has 0 unspecified atom stereocenters. The molecule has 7 heteroatoms. The number of nitrogens with zero attached hydrogens (tertiary/aromatic N) is 2. The van der Waals surface area contributed by atoms with Crippen molar-refractivity contribution in [2.24, 2.45) is 0 Å². The fourth-order valence-electron chi connectivity index (χ4n) is 1.44. The monoisotopic (exact) mass is 280 g/mol. The van der Waals surface area contributed by atoms with Crippen molar-refractivity contribution in [2.45, 2.75) is 13.5 Å². The van der Waals surface area contributed by atoms with Gasteiger partial charge in [0, 0.05) is 17.6 Å². The molecule has 1 amide bonds. The summed E-state index contributed by atoms with van der Waals surface area (Å²) in [5.41, 5.74) is 0.701. The number of nitrogens with one attached hydrogen (secondary N) is 2. The second-order valence-corrected chi connectivity index (χ2v) is 4.32. The zero-order valence-electron chi connectivity index (χ0n) is 10.3. The van der Waals surface area contributed by atoms with E-state index in [-0.39, 0.29) is 12.5 Å². The number of aromatic nitrogens is 2. The predicted octanol–water partition coefficient (Wildman–Crippen LogP) is 1.76. The minimum atomic E-state index is -0.150. The maximum Gasteiger partial charge on any atom is 0.238 e. The predicted molar refractivity (Wildman–Crippen MR) is 70.8 cm³/mol. The summed E-state index contributed by atoms with van der Waals surface area (Å²) in [6.07, 6.45) is 0. The van der Waals surface area contributed by atoms with Crippen molar-refractivity contribution in [3.05, 3.63) is 41.0 Å². The normalized spacial score (nSPS) is 10.4. The number of hydrogen-bond donors (Lipinski definition) is 2. The lowest BCUT2D eigenvalue weighted by molar-refractivity contribution is -0.115. The van der Waals surface area contributed by atoms with Crippen LogP contribution >= 0.6 is 11.6 Å². The van der Waals surface area contributed by atoms with Crippen LogP contribution in [0.15, 0.2) is 28.8 Å². The highest BCUT2D eigenvalue weighted by Gasteiger charge is 2.04. The molecule has 1 aromatic heterocycles. The standard InChI is InChI=1S/C12H13ClN4O2/c1-8-15-11(17-19-8)6-14-7-12(18)16-10-4-2-9(13)3-5-10/h2-5,14H,6-7H2,1H3,(H,16,18). The average Bonchev–Trinajstić information content (AvgIpc) is 2.78. The number of benzene rings is 1. The summed E-state index contributed by atoms with van der Waals surface area (Å²) in [5, 5.41) is 10.00. The smallest absolute Gasteiger partial charge is 0.238 e. The van der Waals surface area contributed by atoms with Gasteiger partial charge in [-0.25, -0.2) is 0 Å². The second-order valence-electron chi connectivity index (χ2n) is 3.89. The first-order valence-electron chi connectivity index (χ1n) is 5.69. The Labute approximate surface area is 115 Å². The first-order valence-corrected chi connectivity index (χ1v) is 6.06. The summed E-state index contributed by atoms with van der Waals surface area (Å²) >= 11 is 5.75. The lowest BCUT2D eigenvalue weighted by Gasteiger charge is -2.05. The molecule has 0 fully saturated rings. The third-order valence-corrected chi connectivity index (χ3v) is 2.52. The van der Waals surface area contributed by atoms with Crippen molar-refractivity contribution in [1.29, 1.82) is 0 Å². The van der Waals surface area contributed by atoms with E-state index in [9.17, 15) is 4.79 Å². The van der Waals surface area contributed by atoms with Gasteiger partial charge in [-0.15, -0.1) is 0 Å². The van der Waals surface area contributed by atoms with Crippen LogP contribution in [-0.2, 0) is 11.3 Å². The first-order chi connectivity index (χ1) is 9.13. The van der Waals surface area contributed by atoms with Crippen LogP contribution in [0.4, 0.5) is 5.69 Å². The van der Waals surface area contributed by atoms with E-state index < -0.39 is 0 Å². The van der Waals surface area contributed by atoms with Crippen LogP contribution in [0.3, 0.4) is 0 Å². The van der Waals surface area contributed by atoms with Crippen LogP contribution in [0.25, 0.3) is 0 Å². The Bertz CT molecular complexity index is 553. The van der Waals surface area contributed by atoms with Crippen molar-refractivity contribution in [2.75, 3.05) is 11.9 Å². The molecule has 0 saturated heterocycles. The second kappa shape index (κ2) is 6.31. The molecule has 100 valence electrons. The summed E-state index contributed by atoms with van der Waals surface area (Å²) in [5.74, 6) is 0.877. The molecule has 0 aliphatic heterocycles. The van der Waals surface area contributed by atoms with E-state index in [4.69, 9.17) is 16.1 Å². The zero-order valence-corrected chi connectivity index (χ0v) is 11.1. The van der Waals surface area contributed by atoms with Crippen molar-refractivity contribution in [3.8, 4) is 0 Å². The number of carbonyl (C=O) groups excluding carboxylic acids is 1. The van der Waals surface area contributed by atoms with E-state index in [1.54, 1.807) is 31.2 Å². The van der Waals surface area contributed by atoms with Crippen LogP contribution in [0.5, 0.6) is 0 Å². The molecule has 1 aromatic carbocycles. The number of anilines is 1. The number of amides is 1. The van der Waals surface area contributed by atoms with Gasteiger partial charge in [-0.3, -0.25) is 4.79 Å². The Morgan fingerprint density at radius 2 is 2.11 bits per heavy atom. The molecule has 2 N–H and O–H groups in total. The molecule has 1 heterocycles. The van der Waals surface area contributed by atoms with E-state index in [0.717, 1.165) is 0 Å². The fourth-order valence-corrected chi connectivity index (χ4v) is 1.57. The molecule has 0 aliphatic carbocycles. The maximum absolute atomic E-state index is 11.6. The highest BCUT2D eigenvalue weighted by molar-refractivity contribution is 6.30. The molecule has 0 spiro atoms.